The molecule has 1 aromatic rings. The van der Waals surface area contributed by atoms with Crippen LogP contribution in [0, 0.1) is 0 Å². The van der Waals surface area contributed by atoms with Crippen molar-refractivity contribution in [2.75, 3.05) is 13.7 Å². The van der Waals surface area contributed by atoms with E-state index in [-0.39, 0.29) is 11.9 Å². The number of likely N-dealkylation sites (N-methyl/N-ethyl adjacent to an activating group) is 1. The molecule has 20 heavy (non-hydrogen) atoms. The largest absolute Gasteiger partial charge is 0.417 e. The Morgan fingerprint density at radius 2 is 2.05 bits per heavy atom. The summed E-state index contributed by atoms with van der Waals surface area (Å²) in [6, 6.07) is 2.41. The Balaban J connectivity index is 2.65. The van der Waals surface area contributed by atoms with Crippen molar-refractivity contribution >= 4 is 11.8 Å². The first kappa shape index (κ1) is 17.3. The van der Waals surface area contributed by atoms with Crippen molar-refractivity contribution < 1.29 is 18.3 Å². The zero-order valence-corrected chi connectivity index (χ0v) is 12.5. The molecule has 7 heteroatoms. The molecule has 114 valence electrons. The normalized spacial score (nSPS) is 16.8. The van der Waals surface area contributed by atoms with Crippen LogP contribution in [0.15, 0.2) is 23.4 Å². The SMILES string of the molecule is CNC(C)(CO)CC(C)Sc1ccc(C(F)(F)F)cn1. The molecule has 1 rings (SSSR count). The van der Waals surface area contributed by atoms with Gasteiger partial charge in [-0.15, -0.1) is 11.8 Å². The van der Waals surface area contributed by atoms with E-state index in [1.54, 1.807) is 7.05 Å². The molecule has 0 amide bonds. The van der Waals surface area contributed by atoms with Crippen LogP contribution in [-0.2, 0) is 6.18 Å². The number of aliphatic hydroxyl groups is 1. The third-order valence-electron chi connectivity index (χ3n) is 3.08. The number of nitrogens with one attached hydrogen (secondary N) is 1. The summed E-state index contributed by atoms with van der Waals surface area (Å²) in [5.41, 5.74) is -1.15. The van der Waals surface area contributed by atoms with Gasteiger partial charge in [0.05, 0.1) is 17.2 Å². The van der Waals surface area contributed by atoms with E-state index < -0.39 is 17.3 Å². The van der Waals surface area contributed by atoms with Gasteiger partial charge in [-0.2, -0.15) is 13.2 Å². The van der Waals surface area contributed by atoms with Gasteiger partial charge in [-0.05, 0) is 32.5 Å². The van der Waals surface area contributed by atoms with Crippen molar-refractivity contribution in [3.8, 4) is 0 Å². The second-order valence-electron chi connectivity index (χ2n) is 4.98. The maximum atomic E-state index is 12.4. The lowest BCUT2D eigenvalue weighted by Gasteiger charge is -2.29. The maximum absolute atomic E-state index is 12.4. The van der Waals surface area contributed by atoms with Crippen molar-refractivity contribution in [3.63, 3.8) is 0 Å². The predicted molar refractivity (Wildman–Crippen MR) is 73.7 cm³/mol. The highest BCUT2D eigenvalue weighted by atomic mass is 32.2. The van der Waals surface area contributed by atoms with E-state index in [1.807, 2.05) is 13.8 Å². The molecule has 2 atom stereocenters. The van der Waals surface area contributed by atoms with Crippen LogP contribution in [0.2, 0.25) is 0 Å². The van der Waals surface area contributed by atoms with Gasteiger partial charge < -0.3 is 10.4 Å². The zero-order valence-electron chi connectivity index (χ0n) is 11.7. The van der Waals surface area contributed by atoms with Crippen LogP contribution in [0.5, 0.6) is 0 Å². The molecule has 0 spiro atoms. The minimum Gasteiger partial charge on any atom is -0.394 e. The van der Waals surface area contributed by atoms with E-state index in [4.69, 9.17) is 0 Å². The molecule has 0 saturated carbocycles. The topological polar surface area (TPSA) is 45.1 Å². The van der Waals surface area contributed by atoms with Crippen LogP contribution in [0.1, 0.15) is 25.8 Å². The second kappa shape index (κ2) is 6.78. The number of hydrogen-bond acceptors (Lipinski definition) is 4. The summed E-state index contributed by atoms with van der Waals surface area (Å²) < 4.78 is 37.2. The van der Waals surface area contributed by atoms with Gasteiger partial charge in [0, 0.05) is 17.0 Å². The van der Waals surface area contributed by atoms with E-state index >= 15 is 0 Å². The average molecular weight is 308 g/mol. The molecule has 2 N–H and O–H groups in total. The van der Waals surface area contributed by atoms with Gasteiger partial charge in [-0.25, -0.2) is 4.98 Å². The molecule has 0 radical (unpaired) electrons. The summed E-state index contributed by atoms with van der Waals surface area (Å²) >= 11 is 1.39. The Labute approximate surface area is 121 Å². The molecule has 0 aliphatic rings. The summed E-state index contributed by atoms with van der Waals surface area (Å²) in [7, 11) is 1.77. The van der Waals surface area contributed by atoms with Crippen molar-refractivity contribution in [1.29, 1.82) is 0 Å². The minimum atomic E-state index is -4.36. The molecule has 1 heterocycles. The predicted octanol–water partition coefficient (Wildman–Crippen LogP) is 2.94. The number of aliphatic hydroxyl groups excluding tert-OH is 1. The van der Waals surface area contributed by atoms with Crippen LogP contribution in [0.4, 0.5) is 13.2 Å². The van der Waals surface area contributed by atoms with Crippen LogP contribution in [0.25, 0.3) is 0 Å². The molecule has 3 nitrogen and oxygen atoms in total. The highest BCUT2D eigenvalue weighted by molar-refractivity contribution is 7.99. The molecule has 0 bridgehead atoms. The Bertz CT molecular complexity index is 419. The lowest BCUT2D eigenvalue weighted by molar-refractivity contribution is -0.137. The molecule has 0 fully saturated rings. The van der Waals surface area contributed by atoms with Crippen LogP contribution in [0.3, 0.4) is 0 Å². The number of aromatic nitrogens is 1. The number of hydrogen-bond donors (Lipinski definition) is 2. The minimum absolute atomic E-state index is 0.00512. The highest BCUT2D eigenvalue weighted by Crippen LogP contribution is 2.31. The first-order valence-electron chi connectivity index (χ1n) is 6.20. The first-order valence-corrected chi connectivity index (χ1v) is 7.08. The Kier molecular flexibility index (Phi) is 5.85. The summed E-state index contributed by atoms with van der Waals surface area (Å²) in [5, 5.41) is 13.0. The lowest BCUT2D eigenvalue weighted by atomic mass is 9.98. The molecule has 0 aromatic carbocycles. The smallest absolute Gasteiger partial charge is 0.394 e. The summed E-state index contributed by atoms with van der Waals surface area (Å²) in [6.45, 7) is 3.84. The maximum Gasteiger partial charge on any atom is 0.417 e. The Morgan fingerprint density at radius 1 is 1.40 bits per heavy atom. The number of nitrogens with zero attached hydrogens (tertiary/aromatic N) is 1. The Hall–Kier alpha value is -0.790. The van der Waals surface area contributed by atoms with Crippen molar-refractivity contribution in [1.82, 2.24) is 10.3 Å². The third kappa shape index (κ3) is 4.96. The summed E-state index contributed by atoms with van der Waals surface area (Å²) in [4.78, 5) is 3.83. The quantitative estimate of drug-likeness (QED) is 0.793. The van der Waals surface area contributed by atoms with Gasteiger partial charge >= 0.3 is 6.18 Å². The van der Waals surface area contributed by atoms with Crippen molar-refractivity contribution in [2.45, 2.75) is 42.3 Å². The van der Waals surface area contributed by atoms with Crippen molar-refractivity contribution in [3.05, 3.63) is 23.9 Å². The van der Waals surface area contributed by atoms with Gasteiger partial charge in [-0.3, -0.25) is 0 Å². The molecular weight excluding hydrogens is 289 g/mol. The van der Waals surface area contributed by atoms with Gasteiger partial charge in [-0.1, -0.05) is 6.92 Å². The molecule has 2 unspecified atom stereocenters. The van der Waals surface area contributed by atoms with Gasteiger partial charge in [0.1, 0.15) is 0 Å². The van der Waals surface area contributed by atoms with Crippen LogP contribution in [-0.4, -0.2) is 34.5 Å². The molecule has 1 aromatic heterocycles. The first-order chi connectivity index (χ1) is 9.20. The van der Waals surface area contributed by atoms with E-state index in [2.05, 4.69) is 10.3 Å². The number of thioether (sulfide) groups is 1. The van der Waals surface area contributed by atoms with E-state index in [0.717, 1.165) is 12.3 Å². The van der Waals surface area contributed by atoms with Gasteiger partial charge in [0.2, 0.25) is 0 Å². The fourth-order valence-corrected chi connectivity index (χ4v) is 2.87. The fraction of sp³-hybridized carbons (Fsp3) is 0.615. The Morgan fingerprint density at radius 3 is 2.45 bits per heavy atom. The second-order valence-corrected chi connectivity index (χ2v) is 6.44. The summed E-state index contributed by atoms with van der Waals surface area (Å²) in [5.74, 6) is 0. The monoisotopic (exact) mass is 308 g/mol. The van der Waals surface area contributed by atoms with Crippen LogP contribution >= 0.6 is 11.8 Å². The fourth-order valence-electron chi connectivity index (χ4n) is 1.75. The average Bonchev–Trinajstić information content (AvgIpc) is 2.38. The zero-order chi connectivity index (χ0) is 15.4. The number of rotatable bonds is 6. The summed E-state index contributed by atoms with van der Waals surface area (Å²) in [6.07, 6.45) is -2.84. The molecule has 0 saturated heterocycles. The van der Waals surface area contributed by atoms with E-state index in [9.17, 15) is 18.3 Å². The molecular formula is C13H19F3N2OS. The molecule has 0 aliphatic heterocycles. The number of halogens is 3. The lowest BCUT2D eigenvalue weighted by Crippen LogP contribution is -2.45. The third-order valence-corrected chi connectivity index (χ3v) is 4.13. The standard InChI is InChI=1S/C13H19F3N2OS/c1-9(6-12(2,8-19)17-3)20-11-5-4-10(7-18-11)13(14,15)16/h4-5,7,9,17,19H,6,8H2,1-3H3. The van der Waals surface area contributed by atoms with Crippen LogP contribution < -0.4 is 5.32 Å². The number of pyridine rings is 1. The van der Waals surface area contributed by atoms with Gasteiger partial charge in [0.25, 0.3) is 0 Å². The van der Waals surface area contributed by atoms with Crippen molar-refractivity contribution in [2.24, 2.45) is 0 Å². The van der Waals surface area contributed by atoms with Gasteiger partial charge in [0.15, 0.2) is 0 Å². The molecule has 0 aliphatic carbocycles. The number of alkyl halides is 3. The van der Waals surface area contributed by atoms with E-state index in [1.165, 1.54) is 17.8 Å². The highest BCUT2D eigenvalue weighted by Gasteiger charge is 2.31. The van der Waals surface area contributed by atoms with E-state index in [0.29, 0.717) is 11.4 Å².